The molecule has 9 nitrogen and oxygen atoms in total. The smallest absolute Gasteiger partial charge is 0.321 e. The molecule has 0 aliphatic carbocycles. The van der Waals surface area contributed by atoms with Crippen LogP contribution in [0.15, 0.2) is 18.2 Å². The molecule has 1 aromatic rings. The van der Waals surface area contributed by atoms with E-state index in [0.29, 0.717) is 12.0 Å². The Morgan fingerprint density at radius 2 is 1.38 bits per heavy atom. The van der Waals surface area contributed by atoms with Crippen LogP contribution in [0.2, 0.25) is 0 Å². The highest BCUT2D eigenvalue weighted by molar-refractivity contribution is 5.77. The fourth-order valence-electron chi connectivity index (χ4n) is 4.06. The molecule has 0 heterocycles. The number of carbonyl (C=O) groups is 4. The zero-order valence-corrected chi connectivity index (χ0v) is 24.5. The molecule has 0 saturated heterocycles. The van der Waals surface area contributed by atoms with Crippen molar-refractivity contribution in [1.82, 2.24) is 0 Å². The Hall–Kier alpha value is -2.94. The molecule has 0 amide bonds. The molecule has 1 rings (SSSR count). The second-order valence-corrected chi connectivity index (χ2v) is 10.6. The summed E-state index contributed by atoms with van der Waals surface area (Å²) in [5.74, 6) is -3.54. The summed E-state index contributed by atoms with van der Waals surface area (Å²) in [6.07, 6.45) is 3.14. The molecule has 0 saturated carbocycles. The number of rotatable bonds is 17. The van der Waals surface area contributed by atoms with Gasteiger partial charge in [0, 0.05) is 31.1 Å². The van der Waals surface area contributed by atoms with Crippen molar-refractivity contribution in [2.45, 2.75) is 111 Å². The van der Waals surface area contributed by atoms with E-state index in [1.54, 1.807) is 19.9 Å². The molecule has 5 unspecified atom stereocenters. The van der Waals surface area contributed by atoms with Gasteiger partial charge < -0.3 is 25.1 Å². The summed E-state index contributed by atoms with van der Waals surface area (Å²) >= 11 is 0. The first-order valence-corrected chi connectivity index (χ1v) is 14.1. The molecule has 0 aliphatic heterocycles. The Bertz CT molecular complexity index is 962. The number of hydrogen-bond donors (Lipinski definition) is 2. The van der Waals surface area contributed by atoms with Gasteiger partial charge in [0.1, 0.15) is 12.1 Å². The van der Waals surface area contributed by atoms with Gasteiger partial charge >= 0.3 is 23.9 Å². The van der Waals surface area contributed by atoms with Gasteiger partial charge in [-0.1, -0.05) is 66.9 Å². The van der Waals surface area contributed by atoms with Crippen molar-refractivity contribution in [3.8, 4) is 11.5 Å². The molecule has 0 radical (unpaired) electrons. The van der Waals surface area contributed by atoms with Crippen LogP contribution in [0.25, 0.3) is 0 Å². The van der Waals surface area contributed by atoms with Crippen molar-refractivity contribution in [2.24, 2.45) is 23.5 Å². The summed E-state index contributed by atoms with van der Waals surface area (Å²) in [5, 5.41) is 9.78. The fourth-order valence-corrected chi connectivity index (χ4v) is 4.06. The maximum Gasteiger partial charge on any atom is 0.321 e. The van der Waals surface area contributed by atoms with Crippen LogP contribution < -0.4 is 15.2 Å². The molecular formula is C30H47NO8. The Labute approximate surface area is 232 Å². The van der Waals surface area contributed by atoms with Crippen LogP contribution in [-0.4, -0.2) is 41.1 Å². The van der Waals surface area contributed by atoms with Gasteiger partial charge in [-0.15, -0.1) is 0 Å². The van der Waals surface area contributed by atoms with Crippen LogP contribution in [0.1, 0.15) is 105 Å². The van der Waals surface area contributed by atoms with Crippen molar-refractivity contribution in [2.75, 3.05) is 0 Å². The first-order valence-electron chi connectivity index (χ1n) is 14.1. The molecule has 39 heavy (non-hydrogen) atoms. The summed E-state index contributed by atoms with van der Waals surface area (Å²) in [5.41, 5.74) is 6.59. The van der Waals surface area contributed by atoms with Crippen molar-refractivity contribution in [3.63, 3.8) is 0 Å². The Morgan fingerprint density at radius 3 is 1.87 bits per heavy atom. The molecule has 0 aliphatic rings. The van der Waals surface area contributed by atoms with Crippen LogP contribution in [0.4, 0.5) is 0 Å². The average molecular weight is 550 g/mol. The van der Waals surface area contributed by atoms with Gasteiger partial charge in [-0.25, -0.2) is 0 Å². The number of carboxylic acid groups (broad SMARTS) is 1. The van der Waals surface area contributed by atoms with Crippen molar-refractivity contribution < 1.29 is 38.5 Å². The zero-order valence-electron chi connectivity index (χ0n) is 24.5. The second-order valence-electron chi connectivity index (χ2n) is 10.6. The number of nitrogens with two attached hydrogens (primary N) is 1. The molecule has 0 fully saturated rings. The van der Waals surface area contributed by atoms with Gasteiger partial charge in [-0.3, -0.25) is 19.2 Å². The van der Waals surface area contributed by atoms with E-state index in [1.165, 1.54) is 12.1 Å². The van der Waals surface area contributed by atoms with Crippen molar-refractivity contribution in [1.29, 1.82) is 0 Å². The standard InChI is InChI=1S/C30H47NO8/c1-8-11-12-25(32)37-21(7)20(6)28(29(31)30(35)36)22-13-14-23(38-26(33)15-18(4)9-2)24(17-22)39-27(34)16-19(5)10-3/h13-14,17-21,28-29H,8-12,15-16,31H2,1-7H3,(H,35,36)/t18?,19?,20?,21?,28?,29-/m0/s1. The van der Waals surface area contributed by atoms with E-state index >= 15 is 0 Å². The normalized spacial score (nSPS) is 15.8. The predicted molar refractivity (Wildman–Crippen MR) is 148 cm³/mol. The van der Waals surface area contributed by atoms with Crippen LogP contribution in [0.5, 0.6) is 11.5 Å². The predicted octanol–water partition coefficient (Wildman–Crippen LogP) is 5.62. The number of aliphatic carboxylic acids is 1. The highest BCUT2D eigenvalue weighted by Crippen LogP contribution is 2.37. The largest absolute Gasteiger partial charge is 0.480 e. The molecule has 9 heteroatoms. The monoisotopic (exact) mass is 549 g/mol. The van der Waals surface area contributed by atoms with Gasteiger partial charge in [-0.05, 0) is 42.9 Å². The lowest BCUT2D eigenvalue weighted by Gasteiger charge is -2.32. The lowest BCUT2D eigenvalue weighted by molar-refractivity contribution is -0.151. The maximum absolute atomic E-state index is 12.7. The molecule has 3 N–H and O–H groups in total. The average Bonchev–Trinajstić information content (AvgIpc) is 2.88. The van der Waals surface area contributed by atoms with Crippen molar-refractivity contribution >= 4 is 23.9 Å². The van der Waals surface area contributed by atoms with Crippen LogP contribution in [0, 0.1) is 17.8 Å². The molecule has 0 bridgehead atoms. The SMILES string of the molecule is CCCCC(=O)OC(C)C(C)C(c1ccc(OC(=O)CC(C)CC)c(OC(=O)CC(C)CC)c1)[C@H](N)C(=O)O. The van der Waals surface area contributed by atoms with Gasteiger partial charge in [0.15, 0.2) is 11.5 Å². The van der Waals surface area contributed by atoms with Crippen LogP contribution in [0.3, 0.4) is 0 Å². The summed E-state index contributed by atoms with van der Waals surface area (Å²) in [7, 11) is 0. The quantitative estimate of drug-likeness (QED) is 0.187. The molecule has 6 atom stereocenters. The number of carbonyl (C=O) groups excluding carboxylic acids is 3. The van der Waals surface area contributed by atoms with Gasteiger partial charge in [0.25, 0.3) is 0 Å². The summed E-state index contributed by atoms with van der Waals surface area (Å²) < 4.78 is 16.8. The Morgan fingerprint density at radius 1 is 0.846 bits per heavy atom. The molecule has 0 aromatic heterocycles. The molecular weight excluding hydrogens is 502 g/mol. The lowest BCUT2D eigenvalue weighted by atomic mass is 9.79. The highest BCUT2D eigenvalue weighted by atomic mass is 16.6. The van der Waals surface area contributed by atoms with Crippen LogP contribution >= 0.6 is 0 Å². The zero-order chi connectivity index (χ0) is 29.7. The number of benzene rings is 1. The van der Waals surface area contributed by atoms with E-state index in [1.807, 2.05) is 34.6 Å². The van der Waals surface area contributed by atoms with Gasteiger partial charge in [-0.2, -0.15) is 0 Å². The molecule has 1 aromatic carbocycles. The summed E-state index contributed by atoms with van der Waals surface area (Å²) in [6, 6.07) is 3.25. The highest BCUT2D eigenvalue weighted by Gasteiger charge is 2.35. The van der Waals surface area contributed by atoms with E-state index in [-0.39, 0.29) is 48.6 Å². The molecule has 220 valence electrons. The lowest BCUT2D eigenvalue weighted by Crippen LogP contribution is -2.42. The summed E-state index contributed by atoms with van der Waals surface area (Å²) in [4.78, 5) is 49.4. The minimum absolute atomic E-state index is 0.0145. The summed E-state index contributed by atoms with van der Waals surface area (Å²) in [6.45, 7) is 13.2. The minimum atomic E-state index is -1.33. The number of carboxylic acids is 1. The number of ether oxygens (including phenoxy) is 3. The van der Waals surface area contributed by atoms with Gasteiger partial charge in [0.05, 0.1) is 0 Å². The van der Waals surface area contributed by atoms with E-state index in [2.05, 4.69) is 0 Å². The first kappa shape index (κ1) is 34.1. The van der Waals surface area contributed by atoms with E-state index < -0.39 is 41.9 Å². The number of esters is 3. The first-order chi connectivity index (χ1) is 18.3. The topological polar surface area (TPSA) is 142 Å². The van der Waals surface area contributed by atoms with E-state index in [9.17, 15) is 24.3 Å². The Balaban J connectivity index is 3.42. The number of hydrogen-bond acceptors (Lipinski definition) is 8. The number of unbranched alkanes of at least 4 members (excludes halogenated alkanes) is 1. The second kappa shape index (κ2) is 16.9. The van der Waals surface area contributed by atoms with Crippen molar-refractivity contribution in [3.05, 3.63) is 23.8 Å². The van der Waals surface area contributed by atoms with E-state index in [0.717, 1.165) is 19.3 Å². The maximum atomic E-state index is 12.7. The third-order valence-corrected chi connectivity index (χ3v) is 7.26. The third-order valence-electron chi connectivity index (χ3n) is 7.26. The Kier molecular flexibility index (Phi) is 14.8. The minimum Gasteiger partial charge on any atom is -0.480 e. The van der Waals surface area contributed by atoms with E-state index in [4.69, 9.17) is 19.9 Å². The van der Waals surface area contributed by atoms with Gasteiger partial charge in [0.2, 0.25) is 0 Å². The third kappa shape index (κ3) is 11.4. The fraction of sp³-hybridized carbons (Fsp3) is 0.667. The van der Waals surface area contributed by atoms with Crippen LogP contribution in [-0.2, 0) is 23.9 Å². The molecule has 0 spiro atoms.